The Labute approximate surface area is 148 Å². The van der Waals surface area contributed by atoms with Gasteiger partial charge in [-0.1, -0.05) is 25.5 Å². The molecule has 0 saturated heterocycles. The van der Waals surface area contributed by atoms with Crippen molar-refractivity contribution in [3.05, 3.63) is 48.4 Å². The number of nitrogens with two attached hydrogens (primary N) is 1. The van der Waals surface area contributed by atoms with Crippen LogP contribution < -0.4 is 11.1 Å². The van der Waals surface area contributed by atoms with Crippen molar-refractivity contribution in [2.24, 2.45) is 13.0 Å². The van der Waals surface area contributed by atoms with E-state index in [1.54, 1.807) is 4.68 Å². The van der Waals surface area contributed by atoms with Crippen LogP contribution in [0.1, 0.15) is 31.2 Å². The predicted octanol–water partition coefficient (Wildman–Crippen LogP) is 3.84. The van der Waals surface area contributed by atoms with Crippen LogP contribution in [-0.4, -0.2) is 22.5 Å². The fraction of sp³-hybridized carbons (Fsp3) is 0.450. The van der Waals surface area contributed by atoms with Crippen LogP contribution in [0.4, 0.5) is 10.1 Å². The second-order valence-electron chi connectivity index (χ2n) is 7.04. The maximum Gasteiger partial charge on any atom is 0.105 e. The molecule has 1 heterocycles. The van der Waals surface area contributed by atoms with Gasteiger partial charge in [-0.25, -0.2) is 4.39 Å². The van der Waals surface area contributed by atoms with Gasteiger partial charge in [-0.15, -0.1) is 0 Å². The van der Waals surface area contributed by atoms with Gasteiger partial charge >= 0.3 is 0 Å². The Morgan fingerprint density at radius 3 is 2.88 bits per heavy atom. The number of anilines is 1. The highest BCUT2D eigenvalue weighted by atomic mass is 19.1. The van der Waals surface area contributed by atoms with Crippen LogP contribution in [-0.2, 0) is 13.5 Å². The van der Waals surface area contributed by atoms with Crippen LogP contribution in [0, 0.1) is 5.92 Å². The number of hydrogen-bond acceptors (Lipinski definition) is 3. The third kappa shape index (κ3) is 4.41. The summed E-state index contributed by atoms with van der Waals surface area (Å²) in [6.45, 7) is 4.76. The number of benzene rings is 1. The molecule has 1 saturated carbocycles. The minimum atomic E-state index is -0.687. The predicted molar refractivity (Wildman–Crippen MR) is 101 cm³/mol. The lowest BCUT2D eigenvalue weighted by molar-refractivity contribution is 0.165. The molecule has 3 N–H and O–H groups in total. The summed E-state index contributed by atoms with van der Waals surface area (Å²) in [5.41, 5.74) is 10.9. The lowest BCUT2D eigenvalue weighted by Crippen LogP contribution is -2.31. The molecule has 0 radical (unpaired) electrons. The first kappa shape index (κ1) is 17.5. The van der Waals surface area contributed by atoms with E-state index in [0.717, 1.165) is 47.3 Å². The summed E-state index contributed by atoms with van der Waals surface area (Å²) in [6.07, 6.45) is 7.56. The Balaban J connectivity index is 1.62. The SMILES string of the molecule is C=C(Cc1cc(-c2cnn(C)c2)ccc1N)NC[C@@H]1CCCCC1F. The molecule has 1 unspecified atom stereocenters. The Bertz CT molecular complexity index is 737. The highest BCUT2D eigenvalue weighted by Gasteiger charge is 2.24. The zero-order valence-electron chi connectivity index (χ0n) is 14.8. The normalized spacial score (nSPS) is 20.4. The second-order valence-corrected chi connectivity index (χ2v) is 7.04. The Morgan fingerprint density at radius 2 is 2.16 bits per heavy atom. The molecule has 0 amide bonds. The molecular formula is C20H27FN4. The van der Waals surface area contributed by atoms with E-state index in [1.807, 2.05) is 31.6 Å². The number of nitrogen functional groups attached to an aromatic ring is 1. The molecule has 0 aliphatic heterocycles. The van der Waals surface area contributed by atoms with E-state index in [1.165, 1.54) is 0 Å². The van der Waals surface area contributed by atoms with Gasteiger partial charge in [-0.2, -0.15) is 5.10 Å². The van der Waals surface area contributed by atoms with Gasteiger partial charge in [-0.3, -0.25) is 4.68 Å². The molecule has 5 heteroatoms. The third-order valence-electron chi connectivity index (χ3n) is 5.02. The number of alkyl halides is 1. The van der Waals surface area contributed by atoms with E-state index in [9.17, 15) is 4.39 Å². The third-order valence-corrected chi connectivity index (χ3v) is 5.02. The van der Waals surface area contributed by atoms with Gasteiger partial charge in [0.1, 0.15) is 6.17 Å². The van der Waals surface area contributed by atoms with Crippen LogP contribution in [0.2, 0.25) is 0 Å². The molecule has 3 rings (SSSR count). The number of aryl methyl sites for hydroxylation is 1. The summed E-state index contributed by atoms with van der Waals surface area (Å²) in [5.74, 6) is 0.101. The van der Waals surface area contributed by atoms with Crippen molar-refractivity contribution in [3.63, 3.8) is 0 Å². The highest BCUT2D eigenvalue weighted by molar-refractivity contribution is 5.67. The summed E-state index contributed by atoms with van der Waals surface area (Å²) in [5, 5.41) is 7.53. The van der Waals surface area contributed by atoms with Gasteiger partial charge in [0.25, 0.3) is 0 Å². The average Bonchev–Trinajstić information content (AvgIpc) is 3.02. The van der Waals surface area contributed by atoms with Crippen molar-refractivity contribution in [1.29, 1.82) is 0 Å². The lowest BCUT2D eigenvalue weighted by Gasteiger charge is -2.26. The van der Waals surface area contributed by atoms with E-state index in [-0.39, 0.29) is 5.92 Å². The van der Waals surface area contributed by atoms with Crippen molar-refractivity contribution in [3.8, 4) is 11.1 Å². The van der Waals surface area contributed by atoms with E-state index < -0.39 is 6.17 Å². The molecule has 1 fully saturated rings. The first-order chi connectivity index (χ1) is 12.0. The monoisotopic (exact) mass is 342 g/mol. The van der Waals surface area contributed by atoms with Gasteiger partial charge in [0.15, 0.2) is 0 Å². The first-order valence-corrected chi connectivity index (χ1v) is 8.96. The van der Waals surface area contributed by atoms with E-state index in [2.05, 4.69) is 23.1 Å². The van der Waals surface area contributed by atoms with Gasteiger partial charge in [-0.05, 0) is 36.1 Å². The van der Waals surface area contributed by atoms with Gasteiger partial charge in [0.2, 0.25) is 0 Å². The number of halogens is 1. The van der Waals surface area contributed by atoms with Crippen molar-refractivity contribution >= 4 is 5.69 Å². The van der Waals surface area contributed by atoms with Gasteiger partial charge in [0.05, 0.1) is 6.20 Å². The molecular weight excluding hydrogens is 315 g/mol. The van der Waals surface area contributed by atoms with Crippen LogP contribution in [0.25, 0.3) is 11.1 Å². The van der Waals surface area contributed by atoms with Crippen LogP contribution in [0.15, 0.2) is 42.9 Å². The van der Waals surface area contributed by atoms with E-state index in [4.69, 9.17) is 5.73 Å². The largest absolute Gasteiger partial charge is 0.398 e. The number of nitrogens with zero attached hydrogens (tertiary/aromatic N) is 2. The number of allylic oxidation sites excluding steroid dienone is 1. The zero-order chi connectivity index (χ0) is 17.8. The second kappa shape index (κ2) is 7.72. The zero-order valence-corrected chi connectivity index (χ0v) is 14.8. The molecule has 1 aliphatic carbocycles. The van der Waals surface area contributed by atoms with Crippen LogP contribution in [0.5, 0.6) is 0 Å². The van der Waals surface area contributed by atoms with Crippen molar-refractivity contribution in [1.82, 2.24) is 15.1 Å². The van der Waals surface area contributed by atoms with Crippen LogP contribution >= 0.6 is 0 Å². The van der Waals surface area contributed by atoms with Crippen molar-refractivity contribution < 1.29 is 4.39 Å². The van der Waals surface area contributed by atoms with Crippen molar-refractivity contribution in [2.45, 2.75) is 38.3 Å². The molecule has 0 bridgehead atoms. The molecule has 1 aliphatic rings. The van der Waals surface area contributed by atoms with E-state index >= 15 is 0 Å². The molecule has 0 spiro atoms. The number of aromatic nitrogens is 2. The molecule has 2 atom stereocenters. The molecule has 1 aromatic heterocycles. The van der Waals surface area contributed by atoms with E-state index in [0.29, 0.717) is 19.4 Å². The lowest BCUT2D eigenvalue weighted by atomic mass is 9.87. The van der Waals surface area contributed by atoms with Gasteiger partial charge < -0.3 is 11.1 Å². The smallest absolute Gasteiger partial charge is 0.105 e. The summed E-state index contributed by atoms with van der Waals surface area (Å²) in [4.78, 5) is 0. The molecule has 4 nitrogen and oxygen atoms in total. The Kier molecular flexibility index (Phi) is 5.41. The molecule has 1 aromatic carbocycles. The summed E-state index contributed by atoms with van der Waals surface area (Å²) in [6, 6.07) is 6.00. The summed E-state index contributed by atoms with van der Waals surface area (Å²) >= 11 is 0. The Morgan fingerprint density at radius 1 is 1.36 bits per heavy atom. The summed E-state index contributed by atoms with van der Waals surface area (Å²) < 4.78 is 15.7. The highest BCUT2D eigenvalue weighted by Crippen LogP contribution is 2.27. The standard InChI is InChI=1S/C20H27FN4/c1-14(23-11-16-5-3-4-6-19(16)21)9-17-10-15(7-8-20(17)22)18-12-24-25(2)13-18/h7-8,10,12-13,16,19,23H,1,3-6,9,11,22H2,2H3/t16-,19?/m0/s1. The van der Waals surface area contributed by atoms with Crippen LogP contribution in [0.3, 0.4) is 0 Å². The maximum absolute atomic E-state index is 13.9. The number of rotatable bonds is 6. The molecule has 2 aromatic rings. The number of nitrogens with one attached hydrogen (secondary N) is 1. The minimum absolute atomic E-state index is 0.101. The topological polar surface area (TPSA) is 55.9 Å². The first-order valence-electron chi connectivity index (χ1n) is 8.96. The van der Waals surface area contributed by atoms with Gasteiger partial charge in [0, 0.05) is 49.1 Å². The fourth-order valence-electron chi connectivity index (χ4n) is 3.47. The maximum atomic E-state index is 13.9. The minimum Gasteiger partial charge on any atom is -0.398 e. The average molecular weight is 342 g/mol. The Hall–Kier alpha value is -2.30. The quantitative estimate of drug-likeness (QED) is 0.784. The molecule has 25 heavy (non-hydrogen) atoms. The molecule has 134 valence electrons. The summed E-state index contributed by atoms with van der Waals surface area (Å²) in [7, 11) is 1.90. The fourth-order valence-corrected chi connectivity index (χ4v) is 3.47. The van der Waals surface area contributed by atoms with Crippen molar-refractivity contribution in [2.75, 3.05) is 12.3 Å². The number of hydrogen-bond donors (Lipinski definition) is 2.